The van der Waals surface area contributed by atoms with E-state index in [9.17, 15) is 0 Å². The van der Waals surface area contributed by atoms with E-state index in [-0.39, 0.29) is 24.0 Å². The summed E-state index contributed by atoms with van der Waals surface area (Å²) in [4.78, 5) is 8.24. The monoisotopic (exact) mass is 466 g/mol. The van der Waals surface area contributed by atoms with E-state index in [4.69, 9.17) is 0 Å². The molecule has 0 saturated carbocycles. The predicted molar refractivity (Wildman–Crippen MR) is 119 cm³/mol. The highest BCUT2D eigenvalue weighted by Gasteiger charge is 2.06. The highest BCUT2D eigenvalue weighted by molar-refractivity contribution is 14.0. The number of unbranched alkanes of at least 4 members (excludes halogenated alkanes) is 1. The lowest BCUT2D eigenvalue weighted by Crippen LogP contribution is -2.40. The number of rotatable bonds is 11. The molecule has 0 aliphatic heterocycles. The second-order valence-corrected chi connectivity index (χ2v) is 7.03. The highest BCUT2D eigenvalue weighted by Crippen LogP contribution is 2.13. The van der Waals surface area contributed by atoms with Crippen molar-refractivity contribution in [2.45, 2.75) is 40.0 Å². The Kier molecular flexibility index (Phi) is 14.7. The largest absolute Gasteiger partial charge is 0.356 e. The van der Waals surface area contributed by atoms with Crippen molar-refractivity contribution < 1.29 is 0 Å². The Morgan fingerprint density at radius 3 is 2.58 bits per heavy atom. The lowest BCUT2D eigenvalue weighted by molar-refractivity contribution is 0.297. The molecule has 0 aromatic carbocycles. The molecule has 1 heterocycles. The number of nitrogens with zero attached hydrogens (tertiary/aromatic N) is 2. The van der Waals surface area contributed by atoms with Gasteiger partial charge in [-0.15, -0.1) is 35.3 Å². The summed E-state index contributed by atoms with van der Waals surface area (Å²) >= 11 is 1.84. The van der Waals surface area contributed by atoms with Crippen LogP contribution in [0, 0.1) is 5.92 Å². The van der Waals surface area contributed by atoms with Gasteiger partial charge in [-0.1, -0.05) is 26.8 Å². The van der Waals surface area contributed by atoms with Crippen molar-refractivity contribution in [1.29, 1.82) is 0 Å². The number of aliphatic imine (C=N–C) groups is 1. The molecule has 24 heavy (non-hydrogen) atoms. The Bertz CT molecular complexity index is 419. The SMILES string of the molecule is CCN(CC)CCCCNC(=NC)NCC(C)Cc1cccs1.I. The summed E-state index contributed by atoms with van der Waals surface area (Å²) in [5.74, 6) is 1.53. The molecule has 0 amide bonds. The van der Waals surface area contributed by atoms with E-state index >= 15 is 0 Å². The first-order valence-electron chi connectivity index (χ1n) is 8.88. The van der Waals surface area contributed by atoms with Crippen LogP contribution in [0.1, 0.15) is 38.5 Å². The first kappa shape index (κ1) is 23.7. The van der Waals surface area contributed by atoms with Crippen molar-refractivity contribution >= 4 is 41.3 Å². The van der Waals surface area contributed by atoms with Crippen molar-refractivity contribution in [2.24, 2.45) is 10.9 Å². The Morgan fingerprint density at radius 1 is 1.25 bits per heavy atom. The maximum atomic E-state index is 4.31. The summed E-state index contributed by atoms with van der Waals surface area (Å²) in [7, 11) is 1.84. The van der Waals surface area contributed by atoms with Crippen LogP contribution in [0.3, 0.4) is 0 Å². The van der Waals surface area contributed by atoms with Gasteiger partial charge in [0.15, 0.2) is 5.96 Å². The van der Waals surface area contributed by atoms with Crippen molar-refractivity contribution in [2.75, 3.05) is 39.8 Å². The number of halogens is 1. The summed E-state index contributed by atoms with van der Waals surface area (Å²) in [6, 6.07) is 4.34. The standard InChI is InChI=1S/C18H34N4S.HI/c1-5-22(6-2)12-8-7-11-20-18(19-4)21-15-16(3)14-17-10-9-13-23-17;/h9-10,13,16H,5-8,11-12,14-15H2,1-4H3,(H2,19,20,21);1H. The van der Waals surface area contributed by atoms with Gasteiger partial charge in [-0.3, -0.25) is 4.99 Å². The number of guanidine groups is 1. The quantitative estimate of drug-likeness (QED) is 0.225. The zero-order valence-electron chi connectivity index (χ0n) is 15.7. The topological polar surface area (TPSA) is 39.7 Å². The molecule has 1 atom stereocenters. The van der Waals surface area contributed by atoms with Gasteiger partial charge in [-0.25, -0.2) is 0 Å². The molecule has 0 aliphatic rings. The molecule has 1 rings (SSSR count). The molecular formula is C18H35IN4S. The second kappa shape index (κ2) is 15.0. The van der Waals surface area contributed by atoms with Gasteiger partial charge in [0.05, 0.1) is 0 Å². The number of hydrogen-bond donors (Lipinski definition) is 2. The molecule has 0 bridgehead atoms. The van der Waals surface area contributed by atoms with Crippen molar-refractivity contribution in [3.05, 3.63) is 22.4 Å². The van der Waals surface area contributed by atoms with Crippen LogP contribution in [0.25, 0.3) is 0 Å². The van der Waals surface area contributed by atoms with E-state index in [1.165, 1.54) is 24.3 Å². The van der Waals surface area contributed by atoms with Gasteiger partial charge >= 0.3 is 0 Å². The number of thiophene rings is 1. The van der Waals surface area contributed by atoms with E-state index in [0.29, 0.717) is 5.92 Å². The Labute approximate surface area is 169 Å². The third-order valence-corrected chi connectivity index (χ3v) is 4.96. The Hall–Kier alpha value is -0.340. The van der Waals surface area contributed by atoms with Gasteiger partial charge in [0.2, 0.25) is 0 Å². The molecule has 1 aromatic heterocycles. The lowest BCUT2D eigenvalue weighted by atomic mass is 10.1. The van der Waals surface area contributed by atoms with Crippen LogP contribution in [0.4, 0.5) is 0 Å². The first-order chi connectivity index (χ1) is 11.2. The minimum Gasteiger partial charge on any atom is -0.356 e. The van der Waals surface area contributed by atoms with E-state index < -0.39 is 0 Å². The summed E-state index contributed by atoms with van der Waals surface area (Å²) in [6.45, 7) is 12.2. The van der Waals surface area contributed by atoms with E-state index in [1.54, 1.807) is 0 Å². The van der Waals surface area contributed by atoms with Gasteiger partial charge in [0, 0.05) is 25.0 Å². The summed E-state index contributed by atoms with van der Waals surface area (Å²) in [5, 5.41) is 9.00. The molecule has 6 heteroatoms. The van der Waals surface area contributed by atoms with Crippen LogP contribution in [-0.2, 0) is 6.42 Å². The van der Waals surface area contributed by atoms with Crippen LogP contribution >= 0.6 is 35.3 Å². The van der Waals surface area contributed by atoms with Crippen LogP contribution in [0.2, 0.25) is 0 Å². The Balaban J connectivity index is 0.00000529. The van der Waals surface area contributed by atoms with Gasteiger partial charge in [-0.2, -0.15) is 0 Å². The average molecular weight is 466 g/mol. The average Bonchev–Trinajstić information content (AvgIpc) is 3.06. The summed E-state index contributed by atoms with van der Waals surface area (Å²) < 4.78 is 0. The van der Waals surface area contributed by atoms with Gasteiger partial charge in [0.1, 0.15) is 0 Å². The molecule has 140 valence electrons. The highest BCUT2D eigenvalue weighted by atomic mass is 127. The van der Waals surface area contributed by atoms with Crippen molar-refractivity contribution in [3.63, 3.8) is 0 Å². The van der Waals surface area contributed by atoms with Gasteiger partial charge in [-0.05, 0) is 56.3 Å². The molecule has 0 fully saturated rings. The fraction of sp³-hybridized carbons (Fsp3) is 0.722. The van der Waals surface area contributed by atoms with Gasteiger partial charge in [0.25, 0.3) is 0 Å². The first-order valence-corrected chi connectivity index (χ1v) is 9.76. The predicted octanol–water partition coefficient (Wildman–Crippen LogP) is 3.83. The molecule has 1 aromatic rings. The summed E-state index contributed by atoms with van der Waals surface area (Å²) in [5.41, 5.74) is 0. The fourth-order valence-electron chi connectivity index (χ4n) is 2.54. The molecule has 1 unspecified atom stereocenters. The zero-order valence-corrected chi connectivity index (χ0v) is 18.8. The number of hydrogen-bond acceptors (Lipinski definition) is 3. The molecule has 0 aliphatic carbocycles. The molecule has 4 nitrogen and oxygen atoms in total. The third-order valence-electron chi connectivity index (χ3n) is 4.06. The smallest absolute Gasteiger partial charge is 0.190 e. The fourth-order valence-corrected chi connectivity index (χ4v) is 3.41. The zero-order chi connectivity index (χ0) is 16.9. The Morgan fingerprint density at radius 2 is 2.00 bits per heavy atom. The molecule has 0 radical (unpaired) electrons. The van der Waals surface area contributed by atoms with Gasteiger partial charge < -0.3 is 15.5 Å². The van der Waals surface area contributed by atoms with E-state index in [1.807, 2.05) is 18.4 Å². The molecular weight excluding hydrogens is 431 g/mol. The van der Waals surface area contributed by atoms with Crippen LogP contribution in [-0.4, -0.2) is 50.6 Å². The lowest BCUT2D eigenvalue weighted by Gasteiger charge is -2.18. The second-order valence-electron chi connectivity index (χ2n) is 6.00. The number of nitrogens with one attached hydrogen (secondary N) is 2. The van der Waals surface area contributed by atoms with Crippen molar-refractivity contribution in [1.82, 2.24) is 15.5 Å². The molecule has 2 N–H and O–H groups in total. The van der Waals surface area contributed by atoms with Crippen LogP contribution < -0.4 is 10.6 Å². The minimum atomic E-state index is 0. The normalized spacial score (nSPS) is 12.8. The van der Waals surface area contributed by atoms with Crippen molar-refractivity contribution in [3.8, 4) is 0 Å². The molecule has 0 saturated heterocycles. The van der Waals surface area contributed by atoms with E-state index in [2.05, 4.69) is 58.8 Å². The summed E-state index contributed by atoms with van der Waals surface area (Å²) in [6.07, 6.45) is 3.55. The maximum Gasteiger partial charge on any atom is 0.190 e. The van der Waals surface area contributed by atoms with E-state index in [0.717, 1.165) is 38.6 Å². The maximum absolute atomic E-state index is 4.31. The van der Waals surface area contributed by atoms with Crippen LogP contribution in [0.15, 0.2) is 22.5 Å². The molecule has 0 spiro atoms. The third kappa shape index (κ3) is 10.5. The van der Waals surface area contributed by atoms with Crippen LogP contribution in [0.5, 0.6) is 0 Å². The minimum absolute atomic E-state index is 0.